The number of thioether (sulfide) groups is 1. The molecule has 1 atom stereocenters. The molecule has 2 rings (SSSR count). The molecule has 0 heterocycles. The van der Waals surface area contributed by atoms with Gasteiger partial charge in [0, 0.05) is 43.3 Å². The van der Waals surface area contributed by atoms with Crippen LogP contribution >= 0.6 is 11.8 Å². The lowest BCUT2D eigenvalue weighted by Crippen LogP contribution is -2.32. The number of nitrogens with one attached hydrogen (secondary N) is 1. The highest BCUT2D eigenvalue weighted by molar-refractivity contribution is 7.99. The molecule has 9 nitrogen and oxygen atoms in total. The number of hydrogen-bond donors (Lipinski definition) is 2. The average Bonchev–Trinajstić information content (AvgIpc) is 2.66. The number of nitro benzene ring substituents is 1. The Bertz CT molecular complexity index is 981. The maximum Gasteiger partial charge on any atom is 0.293 e. The van der Waals surface area contributed by atoms with Crippen LogP contribution in [0.3, 0.4) is 0 Å². The van der Waals surface area contributed by atoms with Gasteiger partial charge in [-0.25, -0.2) is 13.6 Å². The van der Waals surface area contributed by atoms with Crippen LogP contribution in [0.25, 0.3) is 0 Å². The van der Waals surface area contributed by atoms with Crippen molar-refractivity contribution < 1.29 is 18.1 Å². The molecule has 1 amide bonds. The molecule has 0 spiro atoms. The monoisotopic (exact) mass is 438 g/mol. The van der Waals surface area contributed by atoms with Crippen LogP contribution in [0.5, 0.6) is 0 Å². The van der Waals surface area contributed by atoms with Crippen molar-refractivity contribution in [3.63, 3.8) is 0 Å². The van der Waals surface area contributed by atoms with Crippen LogP contribution in [0, 0.1) is 10.1 Å². The number of nitrogens with two attached hydrogens (primary N) is 1. The van der Waals surface area contributed by atoms with Gasteiger partial charge in [-0.3, -0.25) is 14.9 Å². The van der Waals surface area contributed by atoms with Gasteiger partial charge < -0.3 is 10.2 Å². The summed E-state index contributed by atoms with van der Waals surface area (Å²) in [5.41, 5.74) is -0.309. The van der Waals surface area contributed by atoms with Crippen molar-refractivity contribution in [2.45, 2.75) is 22.3 Å². The van der Waals surface area contributed by atoms with E-state index in [1.54, 1.807) is 14.1 Å². The molecule has 0 aliphatic heterocycles. The van der Waals surface area contributed by atoms with Crippen molar-refractivity contribution >= 4 is 39.1 Å². The summed E-state index contributed by atoms with van der Waals surface area (Å²) < 4.78 is 23.0. The van der Waals surface area contributed by atoms with E-state index in [1.807, 2.05) is 30.3 Å². The van der Waals surface area contributed by atoms with E-state index < -0.39 is 26.7 Å². The van der Waals surface area contributed by atoms with Gasteiger partial charge in [-0.2, -0.15) is 0 Å². The molecule has 2 aromatic carbocycles. The number of nitrogens with zero attached hydrogens (tertiary/aromatic N) is 2. The van der Waals surface area contributed by atoms with Crippen LogP contribution in [-0.4, -0.2) is 50.0 Å². The lowest BCUT2D eigenvalue weighted by Gasteiger charge is -2.21. The molecule has 1 unspecified atom stereocenters. The highest BCUT2D eigenvalue weighted by Crippen LogP contribution is 2.29. The summed E-state index contributed by atoms with van der Waals surface area (Å²) in [7, 11) is -0.814. The van der Waals surface area contributed by atoms with Crippen LogP contribution in [0.4, 0.5) is 11.4 Å². The number of hydrogen-bond acceptors (Lipinski definition) is 7. The number of carbonyl (C=O) groups excluding carboxylic acids is 1. The predicted molar refractivity (Wildman–Crippen MR) is 112 cm³/mol. The minimum atomic E-state index is -4.08. The first-order valence-electron chi connectivity index (χ1n) is 8.53. The zero-order valence-electron chi connectivity index (χ0n) is 15.9. The number of anilines is 1. The quantitative estimate of drug-likeness (QED) is 0.348. The van der Waals surface area contributed by atoms with Gasteiger partial charge in [-0.1, -0.05) is 18.2 Å². The molecule has 11 heteroatoms. The molecule has 0 aromatic heterocycles. The second kappa shape index (κ2) is 9.72. The van der Waals surface area contributed by atoms with E-state index in [0.29, 0.717) is 5.75 Å². The Hall–Kier alpha value is -2.63. The zero-order valence-corrected chi connectivity index (χ0v) is 17.6. The smallest absolute Gasteiger partial charge is 0.293 e. The van der Waals surface area contributed by atoms with E-state index in [9.17, 15) is 23.3 Å². The summed E-state index contributed by atoms with van der Waals surface area (Å²) in [5.74, 6) is 0.331. The summed E-state index contributed by atoms with van der Waals surface area (Å²) in [5, 5.41) is 19.5. The van der Waals surface area contributed by atoms with Crippen LogP contribution in [0.2, 0.25) is 0 Å². The van der Waals surface area contributed by atoms with E-state index >= 15 is 0 Å². The number of amides is 1. The molecule has 0 saturated heterocycles. The molecule has 2 aromatic rings. The van der Waals surface area contributed by atoms with Crippen molar-refractivity contribution in [3.8, 4) is 0 Å². The maximum absolute atomic E-state index is 12.2. The fourth-order valence-electron chi connectivity index (χ4n) is 2.44. The molecule has 3 N–H and O–H groups in total. The Balaban J connectivity index is 2.28. The number of nitro groups is 1. The van der Waals surface area contributed by atoms with Crippen molar-refractivity contribution in [1.82, 2.24) is 4.90 Å². The Kier molecular flexibility index (Phi) is 7.59. The molecular formula is C18H22N4O5S2. The van der Waals surface area contributed by atoms with Crippen molar-refractivity contribution in [3.05, 3.63) is 58.6 Å². The summed E-state index contributed by atoms with van der Waals surface area (Å²) in [4.78, 5) is 25.0. The lowest BCUT2D eigenvalue weighted by atomic mass is 10.2. The van der Waals surface area contributed by atoms with E-state index in [4.69, 9.17) is 5.14 Å². The molecule has 0 bridgehead atoms. The van der Waals surface area contributed by atoms with Crippen LogP contribution in [0.1, 0.15) is 6.42 Å². The van der Waals surface area contributed by atoms with Gasteiger partial charge in [0.25, 0.3) is 5.69 Å². The van der Waals surface area contributed by atoms with E-state index in [1.165, 1.54) is 28.8 Å². The van der Waals surface area contributed by atoms with Gasteiger partial charge in [0.1, 0.15) is 5.69 Å². The second-order valence-electron chi connectivity index (χ2n) is 6.44. The third-order valence-electron chi connectivity index (χ3n) is 3.97. The summed E-state index contributed by atoms with van der Waals surface area (Å²) in [6, 6.07) is 12.5. The number of sulfonamides is 1. The van der Waals surface area contributed by atoms with Crippen molar-refractivity contribution in [2.75, 3.05) is 25.2 Å². The molecule has 0 aliphatic carbocycles. The van der Waals surface area contributed by atoms with Gasteiger partial charge in [0.2, 0.25) is 15.9 Å². The van der Waals surface area contributed by atoms with Crippen LogP contribution in [-0.2, 0) is 14.8 Å². The maximum atomic E-state index is 12.2. The Morgan fingerprint density at radius 1 is 1.24 bits per heavy atom. The predicted octanol–water partition coefficient (Wildman–Crippen LogP) is 2.29. The highest BCUT2D eigenvalue weighted by Gasteiger charge is 2.23. The number of benzene rings is 2. The van der Waals surface area contributed by atoms with Crippen molar-refractivity contribution in [2.24, 2.45) is 5.14 Å². The molecule has 0 fully saturated rings. The van der Waals surface area contributed by atoms with Crippen molar-refractivity contribution in [1.29, 1.82) is 0 Å². The third kappa shape index (κ3) is 6.73. The van der Waals surface area contributed by atoms with Gasteiger partial charge in [0.15, 0.2) is 0 Å². The fraction of sp³-hybridized carbons (Fsp3) is 0.278. The van der Waals surface area contributed by atoms with Gasteiger partial charge >= 0.3 is 0 Å². The van der Waals surface area contributed by atoms with Gasteiger partial charge in [0.05, 0.1) is 9.82 Å². The first kappa shape index (κ1) is 22.7. The van der Waals surface area contributed by atoms with Crippen LogP contribution < -0.4 is 10.5 Å². The highest BCUT2D eigenvalue weighted by atomic mass is 32.2. The first-order chi connectivity index (χ1) is 13.6. The molecule has 0 aliphatic rings. The first-order valence-corrected chi connectivity index (χ1v) is 11.1. The number of rotatable bonds is 9. The largest absolute Gasteiger partial charge is 0.375 e. The number of primary sulfonamides is 1. The minimum absolute atomic E-state index is 0.112. The molecule has 0 radical (unpaired) electrons. The summed E-state index contributed by atoms with van der Waals surface area (Å²) in [6.07, 6.45) is 0.112. The minimum Gasteiger partial charge on any atom is -0.375 e. The topological polar surface area (TPSA) is 136 Å². The average molecular weight is 439 g/mol. The molecule has 0 saturated carbocycles. The third-order valence-corrected chi connectivity index (χ3v) is 6.05. The second-order valence-corrected chi connectivity index (χ2v) is 9.09. The SMILES string of the molecule is CN(C)C(=O)CC(CSc1ccccc1)Nc1ccc(S(N)(=O)=O)cc1[N+](=O)[O-]. The Morgan fingerprint density at radius 3 is 2.45 bits per heavy atom. The fourth-order valence-corrected chi connectivity index (χ4v) is 3.92. The van der Waals surface area contributed by atoms with E-state index in [0.717, 1.165) is 11.0 Å². The Morgan fingerprint density at radius 2 is 1.90 bits per heavy atom. The molecule has 29 heavy (non-hydrogen) atoms. The Labute approximate surface area is 173 Å². The van der Waals surface area contributed by atoms with Gasteiger partial charge in [-0.05, 0) is 24.3 Å². The standard InChI is InChI=1S/C18H22N4O5S2/c1-21(2)18(23)10-13(12-28-14-6-4-3-5-7-14)20-16-9-8-15(29(19,26)27)11-17(16)22(24)25/h3-9,11,13,20H,10,12H2,1-2H3,(H2,19,26,27). The summed E-state index contributed by atoms with van der Waals surface area (Å²) >= 11 is 1.50. The summed E-state index contributed by atoms with van der Waals surface area (Å²) in [6.45, 7) is 0. The van der Waals surface area contributed by atoms with E-state index in [-0.39, 0.29) is 22.9 Å². The van der Waals surface area contributed by atoms with E-state index in [2.05, 4.69) is 5.32 Å². The molecule has 156 valence electrons. The molecular weight excluding hydrogens is 416 g/mol. The zero-order chi connectivity index (χ0) is 21.6. The normalized spacial score (nSPS) is 12.2. The number of carbonyl (C=O) groups is 1. The van der Waals surface area contributed by atoms with Gasteiger partial charge in [-0.15, -0.1) is 11.8 Å². The lowest BCUT2D eigenvalue weighted by molar-refractivity contribution is -0.384. The van der Waals surface area contributed by atoms with Crippen LogP contribution in [0.15, 0.2) is 58.3 Å².